The maximum absolute atomic E-state index is 14.0. The fraction of sp³-hybridized carbons (Fsp3) is 0.364. The predicted molar refractivity (Wildman–Crippen MR) is 167 cm³/mol. The van der Waals surface area contributed by atoms with Gasteiger partial charge < -0.3 is 21.1 Å². The molecular formula is C33H36N8O3. The average Bonchev–Trinajstić information content (AvgIpc) is 3.77. The Kier molecular flexibility index (Phi) is 7.93. The number of amides is 1. The van der Waals surface area contributed by atoms with Crippen molar-refractivity contribution < 1.29 is 9.53 Å². The first kappa shape index (κ1) is 29.1. The van der Waals surface area contributed by atoms with Gasteiger partial charge in [0.25, 0.3) is 5.91 Å². The van der Waals surface area contributed by atoms with Crippen molar-refractivity contribution in [2.24, 2.45) is 0 Å². The van der Waals surface area contributed by atoms with Gasteiger partial charge in [0.15, 0.2) is 11.5 Å². The van der Waals surface area contributed by atoms with Gasteiger partial charge in [-0.15, -0.1) is 0 Å². The van der Waals surface area contributed by atoms with Gasteiger partial charge in [0.05, 0.1) is 5.69 Å². The van der Waals surface area contributed by atoms with Crippen LogP contribution >= 0.6 is 0 Å². The fourth-order valence-corrected chi connectivity index (χ4v) is 5.97. The van der Waals surface area contributed by atoms with Crippen LogP contribution in [0.15, 0.2) is 77.4 Å². The molecule has 226 valence electrons. The molecule has 44 heavy (non-hydrogen) atoms. The molecule has 2 aliphatic rings. The highest BCUT2D eigenvalue weighted by atomic mass is 16.5. The highest BCUT2D eigenvalue weighted by Gasteiger charge is 2.31. The van der Waals surface area contributed by atoms with Crippen LogP contribution in [0.25, 0.3) is 16.9 Å². The molecule has 0 aliphatic heterocycles. The lowest BCUT2D eigenvalue weighted by atomic mass is 9.90. The van der Waals surface area contributed by atoms with E-state index in [1.165, 1.54) is 6.33 Å². The van der Waals surface area contributed by atoms with Crippen molar-refractivity contribution >= 4 is 22.9 Å². The first-order chi connectivity index (χ1) is 21.2. The van der Waals surface area contributed by atoms with E-state index in [1.807, 2.05) is 56.3 Å². The van der Waals surface area contributed by atoms with E-state index >= 15 is 0 Å². The molecule has 0 saturated heterocycles. The third-order valence-electron chi connectivity index (χ3n) is 8.18. The topological polar surface area (TPSA) is 153 Å². The minimum Gasteiger partial charge on any atom is -0.457 e. The number of fused-ring (bicyclic) bond motifs is 1. The van der Waals surface area contributed by atoms with Crippen LogP contribution in [0, 0.1) is 11.3 Å². The first-order valence-corrected chi connectivity index (χ1v) is 15.0. The Hall–Kier alpha value is -4.95. The number of nitriles is 1. The molecule has 0 unspecified atom stereocenters. The maximum atomic E-state index is 14.0. The number of aromatic nitrogens is 4. The molecule has 2 aromatic carbocycles. The molecule has 2 saturated carbocycles. The predicted octanol–water partition coefficient (Wildman–Crippen LogP) is 4.54. The van der Waals surface area contributed by atoms with Gasteiger partial charge in [-0.3, -0.25) is 13.9 Å². The number of carbonyl (C=O) groups excluding carboxylic acids is 1. The van der Waals surface area contributed by atoms with Crippen LogP contribution in [0.2, 0.25) is 0 Å². The van der Waals surface area contributed by atoms with Crippen molar-refractivity contribution in [2.75, 3.05) is 5.73 Å². The van der Waals surface area contributed by atoms with E-state index in [0.29, 0.717) is 60.1 Å². The number of ether oxygens (including phenoxy) is 1. The van der Waals surface area contributed by atoms with Crippen LogP contribution in [0.3, 0.4) is 0 Å². The molecule has 11 heteroatoms. The lowest BCUT2D eigenvalue weighted by molar-refractivity contribution is -0.118. The monoisotopic (exact) mass is 592 g/mol. The lowest BCUT2D eigenvalue weighted by Crippen LogP contribution is -2.42. The minimum absolute atomic E-state index is 0.101. The molecule has 2 aromatic heterocycles. The number of rotatable bonds is 9. The Balaban J connectivity index is 1.19. The van der Waals surface area contributed by atoms with Crippen molar-refractivity contribution in [1.82, 2.24) is 29.7 Å². The van der Waals surface area contributed by atoms with Crippen molar-refractivity contribution in [2.45, 2.75) is 76.0 Å². The highest BCUT2D eigenvalue weighted by Crippen LogP contribution is 2.32. The molecule has 4 aromatic rings. The number of carbonyl (C=O) groups is 1. The SMILES string of the molecule is CC(C)(C=C(C#N)C(=O)NC1CCC(n2c(=O)n(-c3ccc(Oc4ccccc4)cc3)c3c(N)ncnc32)CC1)NC1CC1. The molecule has 0 atom stereocenters. The van der Waals surface area contributed by atoms with Crippen molar-refractivity contribution in [3.8, 4) is 23.3 Å². The van der Waals surface area contributed by atoms with Crippen LogP contribution in [0.1, 0.15) is 58.4 Å². The Morgan fingerprint density at radius 3 is 2.32 bits per heavy atom. The second-order valence-corrected chi connectivity index (χ2v) is 12.1. The number of anilines is 1. The summed E-state index contributed by atoms with van der Waals surface area (Å²) in [6.07, 6.45) is 7.93. The molecule has 2 heterocycles. The molecule has 6 rings (SSSR count). The lowest BCUT2D eigenvalue weighted by Gasteiger charge is -2.30. The quantitative estimate of drug-likeness (QED) is 0.189. The third-order valence-corrected chi connectivity index (χ3v) is 8.18. The number of benzene rings is 2. The second kappa shape index (κ2) is 12.0. The maximum Gasteiger partial charge on any atom is 0.335 e. The molecule has 11 nitrogen and oxygen atoms in total. The van der Waals surface area contributed by atoms with Gasteiger partial charge in [-0.1, -0.05) is 18.2 Å². The molecule has 2 aliphatic carbocycles. The summed E-state index contributed by atoms with van der Waals surface area (Å²) in [4.78, 5) is 35.6. The molecule has 4 N–H and O–H groups in total. The van der Waals surface area contributed by atoms with Crippen molar-refractivity contribution in [1.29, 1.82) is 5.26 Å². The molecule has 0 bridgehead atoms. The zero-order valence-corrected chi connectivity index (χ0v) is 24.9. The average molecular weight is 593 g/mol. The zero-order valence-electron chi connectivity index (χ0n) is 24.9. The normalized spacial score (nSPS) is 19.0. The zero-order chi connectivity index (χ0) is 30.8. The minimum atomic E-state index is -0.449. The largest absolute Gasteiger partial charge is 0.457 e. The second-order valence-electron chi connectivity index (χ2n) is 12.1. The summed E-state index contributed by atoms with van der Waals surface area (Å²) in [6.45, 7) is 3.94. The Morgan fingerprint density at radius 2 is 1.66 bits per heavy atom. The number of nitrogens with zero attached hydrogens (tertiary/aromatic N) is 5. The summed E-state index contributed by atoms with van der Waals surface area (Å²) in [5, 5.41) is 16.2. The van der Waals surface area contributed by atoms with Crippen molar-refractivity contribution in [3.05, 3.63) is 83.1 Å². The van der Waals surface area contributed by atoms with Crippen LogP contribution in [-0.2, 0) is 4.79 Å². The number of imidazole rings is 1. The first-order valence-electron chi connectivity index (χ1n) is 15.0. The van der Waals surface area contributed by atoms with Gasteiger partial charge in [0.1, 0.15) is 35.0 Å². The summed E-state index contributed by atoms with van der Waals surface area (Å²) in [7, 11) is 0. The number of nitrogens with one attached hydrogen (secondary N) is 2. The number of para-hydroxylation sites is 1. The molecule has 1 amide bonds. The van der Waals surface area contributed by atoms with Crippen LogP contribution in [0.4, 0.5) is 5.82 Å². The molecular weight excluding hydrogens is 556 g/mol. The number of nitrogen functional groups attached to an aromatic ring is 1. The molecule has 2 fully saturated rings. The van der Waals surface area contributed by atoms with Gasteiger partial charge in [0, 0.05) is 23.7 Å². The van der Waals surface area contributed by atoms with Crippen LogP contribution < -0.4 is 26.8 Å². The van der Waals surface area contributed by atoms with E-state index in [9.17, 15) is 14.9 Å². The summed E-state index contributed by atoms with van der Waals surface area (Å²) in [5.74, 6) is 1.20. The summed E-state index contributed by atoms with van der Waals surface area (Å²) in [5.41, 5.74) is 7.25. The van der Waals surface area contributed by atoms with Crippen LogP contribution in [0.5, 0.6) is 11.5 Å². The number of hydrogen-bond donors (Lipinski definition) is 3. The Bertz CT molecular complexity index is 1790. The number of hydrogen-bond acceptors (Lipinski definition) is 8. The van der Waals surface area contributed by atoms with E-state index in [0.717, 1.165) is 12.8 Å². The van der Waals surface area contributed by atoms with E-state index in [4.69, 9.17) is 10.5 Å². The molecule has 0 radical (unpaired) electrons. The van der Waals surface area contributed by atoms with Crippen molar-refractivity contribution in [3.63, 3.8) is 0 Å². The molecule has 0 spiro atoms. The van der Waals surface area contributed by atoms with Gasteiger partial charge in [-0.05, 0) is 94.8 Å². The fourth-order valence-electron chi connectivity index (χ4n) is 5.97. The van der Waals surface area contributed by atoms with E-state index in [1.54, 1.807) is 27.3 Å². The van der Waals surface area contributed by atoms with Gasteiger partial charge in [0.2, 0.25) is 0 Å². The summed E-state index contributed by atoms with van der Waals surface area (Å²) < 4.78 is 9.16. The van der Waals surface area contributed by atoms with Gasteiger partial charge in [-0.2, -0.15) is 5.26 Å². The summed E-state index contributed by atoms with van der Waals surface area (Å²) >= 11 is 0. The van der Waals surface area contributed by atoms with E-state index < -0.39 is 5.54 Å². The number of nitrogens with two attached hydrogens (primary N) is 1. The Morgan fingerprint density at radius 1 is 1.00 bits per heavy atom. The van der Waals surface area contributed by atoms with Gasteiger partial charge >= 0.3 is 5.69 Å². The van der Waals surface area contributed by atoms with E-state index in [-0.39, 0.29) is 35.1 Å². The third kappa shape index (κ3) is 6.21. The Labute approximate surface area is 255 Å². The van der Waals surface area contributed by atoms with Gasteiger partial charge in [-0.25, -0.2) is 14.8 Å². The van der Waals surface area contributed by atoms with Crippen LogP contribution in [-0.4, -0.2) is 42.6 Å². The van der Waals surface area contributed by atoms with E-state index in [2.05, 4.69) is 26.7 Å². The standard InChI is InChI=1S/C33H36N8O3/c1-33(2,39-23-8-9-23)18-21(19-34)31(42)38-22-10-12-25(13-11-22)41-30-28(29(35)36-20-37-30)40(32(41)43)24-14-16-27(17-15-24)44-26-6-4-3-5-7-26/h3-7,14-18,20,22-23,25,39H,8-13H2,1-2H3,(H,38,42)(H2,35,36,37). The summed E-state index contributed by atoms with van der Waals surface area (Å²) in [6, 6.07) is 19.0. The highest BCUT2D eigenvalue weighted by molar-refractivity contribution is 5.97. The smallest absolute Gasteiger partial charge is 0.335 e.